The van der Waals surface area contributed by atoms with E-state index in [1.807, 2.05) is 17.4 Å². The summed E-state index contributed by atoms with van der Waals surface area (Å²) < 4.78 is 3.61. The molecule has 0 bridgehead atoms. The number of aromatic nitrogens is 1. The quantitative estimate of drug-likeness (QED) is 0.506. The molecule has 0 saturated heterocycles. The zero-order chi connectivity index (χ0) is 14.4. The lowest BCUT2D eigenvalue weighted by Gasteiger charge is -2.07. The van der Waals surface area contributed by atoms with Gasteiger partial charge in [0.15, 0.2) is 0 Å². The smallest absolute Gasteiger partial charge is 0.270 e. The second-order valence-electron chi connectivity index (χ2n) is 5.39. The lowest BCUT2D eigenvalue weighted by atomic mass is 10.0. The Labute approximate surface area is 140 Å². The van der Waals surface area contributed by atoms with Gasteiger partial charge in [0.05, 0.1) is 5.56 Å². The third kappa shape index (κ3) is 2.58. The second-order valence-corrected chi connectivity index (χ2v) is 6.42. The number of anilines is 1. The molecule has 0 aliphatic heterocycles. The maximum absolute atomic E-state index is 6.00. The first-order valence-electron chi connectivity index (χ1n) is 6.74. The first kappa shape index (κ1) is 16.0. The molecule has 2 nitrogen and oxygen atoms in total. The molecule has 0 aliphatic rings. The molecule has 2 N–H and O–H groups in total. The molecule has 1 heterocycles. The number of nitrogen functional groups attached to an aromatic ring is 1. The Morgan fingerprint density at radius 3 is 2.43 bits per heavy atom. The van der Waals surface area contributed by atoms with Crippen LogP contribution in [-0.4, -0.2) is 0 Å². The molecule has 0 aliphatic carbocycles. The number of hydrogen-bond donors (Lipinski definition) is 1. The minimum atomic E-state index is 0. The van der Waals surface area contributed by atoms with Crippen molar-refractivity contribution in [2.24, 2.45) is 7.05 Å². The second kappa shape index (κ2) is 5.78. The number of benzene rings is 2. The van der Waals surface area contributed by atoms with Crippen molar-refractivity contribution in [1.82, 2.24) is 0 Å². The van der Waals surface area contributed by atoms with E-state index >= 15 is 0 Å². The lowest BCUT2D eigenvalue weighted by molar-refractivity contribution is -0.629. The van der Waals surface area contributed by atoms with Crippen LogP contribution in [0.25, 0.3) is 20.8 Å². The first-order valence-corrected chi connectivity index (χ1v) is 7.56. The normalized spacial score (nSPS) is 10.7. The molecule has 0 spiro atoms. The maximum Gasteiger partial charge on any atom is 0.270 e. The van der Waals surface area contributed by atoms with Crippen LogP contribution < -0.4 is 27.3 Å². The minimum absolute atomic E-state index is 0. The van der Waals surface area contributed by atoms with E-state index < -0.39 is 0 Å². The van der Waals surface area contributed by atoms with E-state index in [9.17, 15) is 0 Å². The molecule has 3 rings (SSSR count). The van der Waals surface area contributed by atoms with Gasteiger partial charge >= 0.3 is 0 Å². The molecule has 0 saturated carbocycles. The summed E-state index contributed by atoms with van der Waals surface area (Å²) in [4.78, 5) is 0. The van der Waals surface area contributed by atoms with Gasteiger partial charge in [0, 0.05) is 11.8 Å². The highest BCUT2D eigenvalue weighted by Gasteiger charge is 2.21. The number of aryl methyl sites for hydroxylation is 2. The van der Waals surface area contributed by atoms with Crippen molar-refractivity contribution in [1.29, 1.82) is 0 Å². The molecule has 4 heteroatoms. The van der Waals surface area contributed by atoms with E-state index in [1.54, 1.807) is 0 Å². The summed E-state index contributed by atoms with van der Waals surface area (Å²) in [7, 11) is 2.13. The van der Waals surface area contributed by atoms with E-state index in [1.165, 1.54) is 37.5 Å². The monoisotopic (exact) mass is 362 g/mol. The summed E-state index contributed by atoms with van der Waals surface area (Å²) >= 11 is 1.84. The molecule has 110 valence electrons. The average Bonchev–Trinajstić information content (AvgIpc) is 2.73. The van der Waals surface area contributed by atoms with Crippen LogP contribution in [-0.2, 0) is 7.05 Å². The highest BCUT2D eigenvalue weighted by atomic mass is 79.9. The van der Waals surface area contributed by atoms with Gasteiger partial charge in [-0.1, -0.05) is 17.4 Å². The van der Waals surface area contributed by atoms with Crippen molar-refractivity contribution in [3.8, 4) is 10.6 Å². The van der Waals surface area contributed by atoms with Crippen LogP contribution in [0.5, 0.6) is 0 Å². The van der Waals surface area contributed by atoms with E-state index in [2.05, 4.69) is 56.7 Å². The van der Waals surface area contributed by atoms with Crippen LogP contribution >= 0.6 is 11.3 Å². The van der Waals surface area contributed by atoms with Gasteiger partial charge in [-0.3, -0.25) is 0 Å². The largest absolute Gasteiger partial charge is 1.00 e. The van der Waals surface area contributed by atoms with Crippen LogP contribution in [0.1, 0.15) is 16.7 Å². The van der Waals surface area contributed by atoms with Crippen molar-refractivity contribution in [2.75, 3.05) is 5.73 Å². The summed E-state index contributed by atoms with van der Waals surface area (Å²) in [6, 6.07) is 10.8. The van der Waals surface area contributed by atoms with E-state index in [-0.39, 0.29) is 17.0 Å². The zero-order valence-electron chi connectivity index (χ0n) is 12.7. The number of rotatable bonds is 1. The number of nitrogens with two attached hydrogens (primary N) is 1. The summed E-state index contributed by atoms with van der Waals surface area (Å²) in [6.45, 7) is 6.37. The molecule has 1 aromatic heterocycles. The van der Waals surface area contributed by atoms with Crippen LogP contribution in [0.3, 0.4) is 0 Å². The van der Waals surface area contributed by atoms with Crippen molar-refractivity contribution >= 4 is 27.2 Å². The summed E-state index contributed by atoms with van der Waals surface area (Å²) in [5.74, 6) is 0. The van der Waals surface area contributed by atoms with Crippen molar-refractivity contribution in [2.45, 2.75) is 20.8 Å². The number of hydrogen-bond acceptors (Lipinski definition) is 2. The van der Waals surface area contributed by atoms with Gasteiger partial charge < -0.3 is 22.7 Å². The van der Waals surface area contributed by atoms with Crippen LogP contribution in [0.15, 0.2) is 30.3 Å². The number of thiazole rings is 1. The predicted octanol–water partition coefficient (Wildman–Crippen LogP) is 0.904. The molecule has 0 radical (unpaired) electrons. The Hall–Kier alpha value is -1.39. The molecule has 21 heavy (non-hydrogen) atoms. The SMILES string of the molecule is Cc1ccc2c(c1)sc(-c1ccc(N)c(C)c1C)[n+]2C.[Br-]. The Bertz CT molecular complexity index is 821. The molecule has 0 fully saturated rings. The summed E-state index contributed by atoms with van der Waals surface area (Å²) in [6.07, 6.45) is 0. The van der Waals surface area contributed by atoms with Gasteiger partial charge in [0.1, 0.15) is 11.7 Å². The maximum atomic E-state index is 6.00. The lowest BCUT2D eigenvalue weighted by Crippen LogP contribution is -3.00. The Balaban J connectivity index is 0.00000161. The van der Waals surface area contributed by atoms with Gasteiger partial charge in [0.25, 0.3) is 5.01 Å². The molecule has 0 amide bonds. The molecule has 0 atom stereocenters. The Morgan fingerprint density at radius 2 is 1.71 bits per heavy atom. The fraction of sp³-hybridized carbons (Fsp3) is 0.235. The zero-order valence-corrected chi connectivity index (χ0v) is 15.1. The standard InChI is InChI=1S/C17H18N2S.BrH/c1-10-5-8-15-16(9-10)20-17(19(15)4)13-6-7-14(18)12(3)11(13)2;/h5-9,18H,1-4H3;1H. The fourth-order valence-electron chi connectivity index (χ4n) is 2.57. The Kier molecular flexibility index (Phi) is 4.40. The molecular weight excluding hydrogens is 344 g/mol. The highest BCUT2D eigenvalue weighted by Crippen LogP contribution is 2.33. The number of nitrogens with zero attached hydrogens (tertiary/aromatic N) is 1. The van der Waals surface area contributed by atoms with Crippen LogP contribution in [0.4, 0.5) is 5.69 Å². The molecule has 3 aromatic rings. The van der Waals surface area contributed by atoms with Gasteiger partial charge in [-0.05, 0) is 55.7 Å². The molecule has 2 aromatic carbocycles. The highest BCUT2D eigenvalue weighted by molar-refractivity contribution is 7.21. The fourth-order valence-corrected chi connectivity index (χ4v) is 3.90. The van der Waals surface area contributed by atoms with E-state index in [4.69, 9.17) is 5.73 Å². The van der Waals surface area contributed by atoms with Crippen molar-refractivity contribution in [3.05, 3.63) is 47.0 Å². The van der Waals surface area contributed by atoms with E-state index in [0.717, 1.165) is 5.69 Å². The van der Waals surface area contributed by atoms with Crippen LogP contribution in [0.2, 0.25) is 0 Å². The van der Waals surface area contributed by atoms with Gasteiger partial charge in [-0.15, -0.1) is 0 Å². The average molecular weight is 363 g/mol. The Morgan fingerprint density at radius 1 is 1.00 bits per heavy atom. The number of halogens is 1. The van der Waals surface area contributed by atoms with Crippen molar-refractivity contribution in [3.63, 3.8) is 0 Å². The van der Waals surface area contributed by atoms with Crippen molar-refractivity contribution < 1.29 is 21.5 Å². The minimum Gasteiger partial charge on any atom is -1.00 e. The van der Waals surface area contributed by atoms with Gasteiger partial charge in [-0.2, -0.15) is 4.57 Å². The predicted molar refractivity (Wildman–Crippen MR) is 87.1 cm³/mol. The summed E-state index contributed by atoms with van der Waals surface area (Å²) in [5.41, 5.74) is 13.2. The van der Waals surface area contributed by atoms with E-state index in [0.29, 0.717) is 0 Å². The first-order chi connectivity index (χ1) is 9.49. The van der Waals surface area contributed by atoms with Gasteiger partial charge in [-0.25, -0.2) is 0 Å². The topological polar surface area (TPSA) is 29.9 Å². The van der Waals surface area contributed by atoms with Gasteiger partial charge in [0.2, 0.25) is 5.52 Å². The number of fused-ring (bicyclic) bond motifs is 1. The molecular formula is C17H19BrN2S. The van der Waals surface area contributed by atoms with Crippen LogP contribution in [0, 0.1) is 20.8 Å². The molecule has 0 unspecified atom stereocenters. The third-order valence-corrected chi connectivity index (χ3v) is 5.28. The summed E-state index contributed by atoms with van der Waals surface area (Å²) in [5, 5.41) is 1.28. The third-order valence-electron chi connectivity index (χ3n) is 4.05.